The molecule has 0 radical (unpaired) electrons. The van der Waals surface area contributed by atoms with Crippen LogP contribution in [0.1, 0.15) is 24.0 Å². The van der Waals surface area contributed by atoms with E-state index in [2.05, 4.69) is 26.0 Å². The highest BCUT2D eigenvalue weighted by Crippen LogP contribution is 2.25. The lowest BCUT2D eigenvalue weighted by atomic mass is 9.99. The molecule has 1 unspecified atom stereocenters. The molecule has 1 aromatic carbocycles. The maximum Gasteiger partial charge on any atom is 0.240 e. The van der Waals surface area contributed by atoms with Gasteiger partial charge in [0.05, 0.1) is 17.0 Å². The fourth-order valence-corrected chi connectivity index (χ4v) is 4.72. The van der Waals surface area contributed by atoms with E-state index < -0.39 is 10.0 Å². The van der Waals surface area contributed by atoms with Crippen molar-refractivity contribution in [3.05, 3.63) is 27.7 Å². The number of halogens is 2. The van der Waals surface area contributed by atoms with Gasteiger partial charge in [0.2, 0.25) is 10.0 Å². The van der Waals surface area contributed by atoms with E-state index in [0.717, 1.165) is 35.0 Å². The van der Waals surface area contributed by atoms with Gasteiger partial charge >= 0.3 is 0 Å². The molecule has 1 aliphatic heterocycles. The summed E-state index contributed by atoms with van der Waals surface area (Å²) in [7, 11) is -1.90. The fraction of sp³-hybridized carbons (Fsp3) is 0.600. The summed E-state index contributed by atoms with van der Waals surface area (Å²) in [5, 5.41) is 3.37. The monoisotopic (exact) mass is 426 g/mol. The number of ether oxygens (including phenoxy) is 1. The summed E-state index contributed by atoms with van der Waals surface area (Å²) in [4.78, 5) is 0.332. The van der Waals surface area contributed by atoms with Gasteiger partial charge < -0.3 is 10.1 Å². The van der Waals surface area contributed by atoms with Gasteiger partial charge in [-0.05, 0) is 56.5 Å². The molecule has 1 fully saturated rings. The van der Waals surface area contributed by atoms with Crippen LogP contribution >= 0.6 is 28.3 Å². The van der Waals surface area contributed by atoms with Crippen molar-refractivity contribution in [3.63, 3.8) is 0 Å². The zero-order chi connectivity index (χ0) is 16.4. The first kappa shape index (κ1) is 20.9. The molecule has 5 nitrogen and oxygen atoms in total. The zero-order valence-corrected chi connectivity index (χ0v) is 16.8. The van der Waals surface area contributed by atoms with Crippen LogP contribution in [0.4, 0.5) is 0 Å². The Morgan fingerprint density at radius 2 is 2.04 bits per heavy atom. The molecule has 1 atom stereocenters. The summed E-state index contributed by atoms with van der Waals surface area (Å²) in [6.45, 7) is 5.40. The average molecular weight is 428 g/mol. The second-order valence-electron chi connectivity index (χ2n) is 5.94. The summed E-state index contributed by atoms with van der Waals surface area (Å²) in [6.07, 6.45) is 1.93. The van der Waals surface area contributed by atoms with Crippen molar-refractivity contribution in [2.45, 2.75) is 37.1 Å². The van der Waals surface area contributed by atoms with Gasteiger partial charge in [0.25, 0.3) is 0 Å². The molecule has 2 N–H and O–H groups in total. The van der Waals surface area contributed by atoms with Crippen molar-refractivity contribution < 1.29 is 13.2 Å². The molecule has 1 aromatic rings. The lowest BCUT2D eigenvalue weighted by molar-refractivity contribution is 0.122. The quantitative estimate of drug-likeness (QED) is 0.732. The number of benzene rings is 1. The number of nitrogens with one attached hydrogen (secondary N) is 2. The van der Waals surface area contributed by atoms with Crippen molar-refractivity contribution in [1.82, 2.24) is 10.0 Å². The third-order valence-electron chi connectivity index (χ3n) is 4.10. The van der Waals surface area contributed by atoms with Gasteiger partial charge in [0.15, 0.2) is 0 Å². The Morgan fingerprint density at radius 1 is 1.35 bits per heavy atom. The minimum absolute atomic E-state index is 0. The van der Waals surface area contributed by atoms with Crippen molar-refractivity contribution in [2.75, 3.05) is 26.8 Å². The van der Waals surface area contributed by atoms with Gasteiger partial charge in [0, 0.05) is 18.1 Å². The maximum absolute atomic E-state index is 12.6. The Labute approximate surface area is 153 Å². The van der Waals surface area contributed by atoms with Gasteiger partial charge in [-0.25, -0.2) is 13.1 Å². The minimum Gasteiger partial charge on any atom is -0.383 e. The van der Waals surface area contributed by atoms with Crippen LogP contribution in [-0.4, -0.2) is 40.8 Å². The van der Waals surface area contributed by atoms with Crippen molar-refractivity contribution in [1.29, 1.82) is 0 Å². The molecule has 1 saturated heterocycles. The van der Waals surface area contributed by atoms with Crippen LogP contribution in [0.3, 0.4) is 0 Å². The number of rotatable bonds is 6. The normalized spacial score (nSPS) is 21.2. The van der Waals surface area contributed by atoms with E-state index >= 15 is 0 Å². The first-order valence-corrected chi connectivity index (χ1v) is 9.58. The van der Waals surface area contributed by atoms with E-state index in [1.807, 2.05) is 13.0 Å². The molecule has 23 heavy (non-hydrogen) atoms. The van der Waals surface area contributed by atoms with E-state index in [9.17, 15) is 8.42 Å². The molecule has 8 heteroatoms. The lowest BCUT2D eigenvalue weighted by Crippen LogP contribution is -2.52. The Balaban J connectivity index is 0.00000264. The molecule has 2 rings (SSSR count). The van der Waals surface area contributed by atoms with E-state index in [1.165, 1.54) is 0 Å². The molecule has 0 amide bonds. The Kier molecular flexibility index (Phi) is 7.50. The van der Waals surface area contributed by atoms with Gasteiger partial charge in [-0.1, -0.05) is 15.9 Å². The SMILES string of the molecule is COCC1(CNS(=O)(=O)c2cc(C)c(Br)cc2C)CCCN1.Cl. The van der Waals surface area contributed by atoms with Crippen LogP contribution in [0.25, 0.3) is 0 Å². The largest absolute Gasteiger partial charge is 0.383 e. The number of aryl methyl sites for hydroxylation is 2. The standard InChI is InChI=1S/C15H23BrN2O3S.ClH/c1-11-8-14(12(2)7-13(11)16)22(19,20)18-9-15(10-21-3)5-4-6-17-15;/h7-8,17-18H,4-6,9-10H2,1-3H3;1H. The van der Waals surface area contributed by atoms with Gasteiger partial charge in [0.1, 0.15) is 0 Å². The third-order valence-corrected chi connectivity index (χ3v) is 6.50. The first-order chi connectivity index (χ1) is 10.3. The number of hydrogen-bond donors (Lipinski definition) is 2. The predicted molar refractivity (Wildman–Crippen MR) is 97.9 cm³/mol. The topological polar surface area (TPSA) is 67.4 Å². The van der Waals surface area contributed by atoms with E-state index in [1.54, 1.807) is 20.1 Å². The molecule has 0 spiro atoms. The number of hydrogen-bond acceptors (Lipinski definition) is 4. The summed E-state index contributed by atoms with van der Waals surface area (Å²) in [5.74, 6) is 0. The molecule has 0 bridgehead atoms. The zero-order valence-electron chi connectivity index (χ0n) is 13.6. The lowest BCUT2D eigenvalue weighted by Gasteiger charge is -2.29. The van der Waals surface area contributed by atoms with Gasteiger partial charge in [-0.15, -0.1) is 12.4 Å². The van der Waals surface area contributed by atoms with E-state index in [-0.39, 0.29) is 17.9 Å². The summed E-state index contributed by atoms with van der Waals surface area (Å²) in [6, 6.07) is 3.54. The van der Waals surface area contributed by atoms with Gasteiger partial charge in [-0.2, -0.15) is 0 Å². The molecule has 0 aliphatic carbocycles. The second kappa shape index (κ2) is 8.27. The van der Waals surface area contributed by atoms with Crippen LogP contribution in [0.5, 0.6) is 0 Å². The van der Waals surface area contributed by atoms with E-state index in [0.29, 0.717) is 18.0 Å². The van der Waals surface area contributed by atoms with Crippen LogP contribution < -0.4 is 10.0 Å². The van der Waals surface area contributed by atoms with Crippen molar-refractivity contribution in [3.8, 4) is 0 Å². The van der Waals surface area contributed by atoms with Crippen LogP contribution in [-0.2, 0) is 14.8 Å². The Hall–Kier alpha value is -0.180. The molecule has 1 heterocycles. The number of sulfonamides is 1. The highest BCUT2D eigenvalue weighted by Gasteiger charge is 2.35. The molecular formula is C15H24BrClN2O3S. The summed E-state index contributed by atoms with van der Waals surface area (Å²) >= 11 is 3.43. The molecule has 1 aliphatic rings. The Morgan fingerprint density at radius 3 is 2.61 bits per heavy atom. The predicted octanol–water partition coefficient (Wildman–Crippen LogP) is 2.53. The van der Waals surface area contributed by atoms with Crippen LogP contribution in [0, 0.1) is 13.8 Å². The maximum atomic E-state index is 12.6. The summed E-state index contributed by atoms with van der Waals surface area (Å²) < 4.78 is 34.2. The highest BCUT2D eigenvalue weighted by molar-refractivity contribution is 9.10. The highest BCUT2D eigenvalue weighted by atomic mass is 79.9. The van der Waals surface area contributed by atoms with Crippen LogP contribution in [0.2, 0.25) is 0 Å². The van der Waals surface area contributed by atoms with Crippen molar-refractivity contribution in [2.24, 2.45) is 0 Å². The minimum atomic E-state index is -3.54. The molecule has 0 aromatic heterocycles. The molecule has 132 valence electrons. The summed E-state index contributed by atoms with van der Waals surface area (Å²) in [5.41, 5.74) is 1.32. The third kappa shape index (κ3) is 4.90. The second-order valence-corrected chi connectivity index (χ2v) is 8.52. The number of methoxy groups -OCH3 is 1. The van der Waals surface area contributed by atoms with Crippen LogP contribution in [0.15, 0.2) is 21.5 Å². The molecular weight excluding hydrogens is 404 g/mol. The smallest absolute Gasteiger partial charge is 0.240 e. The first-order valence-electron chi connectivity index (χ1n) is 7.30. The molecule has 0 saturated carbocycles. The average Bonchev–Trinajstić information content (AvgIpc) is 2.90. The van der Waals surface area contributed by atoms with Crippen molar-refractivity contribution >= 4 is 38.4 Å². The van der Waals surface area contributed by atoms with Gasteiger partial charge in [-0.3, -0.25) is 0 Å². The van der Waals surface area contributed by atoms with E-state index in [4.69, 9.17) is 4.74 Å². The Bertz CT molecular complexity index is 646. The fourth-order valence-electron chi connectivity index (χ4n) is 2.83.